The lowest BCUT2D eigenvalue weighted by atomic mass is 10.1. The number of nitrogens with zero attached hydrogens (tertiary/aromatic N) is 2. The first kappa shape index (κ1) is 17.5. The zero-order valence-corrected chi connectivity index (χ0v) is 15.6. The van der Waals surface area contributed by atoms with Crippen LogP contribution in [0.2, 0.25) is 0 Å². The van der Waals surface area contributed by atoms with E-state index in [1.165, 1.54) is 22.8 Å². The van der Waals surface area contributed by atoms with Crippen molar-refractivity contribution in [3.8, 4) is 0 Å². The van der Waals surface area contributed by atoms with Crippen molar-refractivity contribution in [3.63, 3.8) is 0 Å². The zero-order valence-electron chi connectivity index (χ0n) is 14.0. The summed E-state index contributed by atoms with van der Waals surface area (Å²) in [6.07, 6.45) is 1.65. The summed E-state index contributed by atoms with van der Waals surface area (Å²) in [5.74, 6) is -1.05. The first-order valence-electron chi connectivity index (χ1n) is 8.23. The Morgan fingerprint density at radius 3 is 2.59 bits per heavy atom. The summed E-state index contributed by atoms with van der Waals surface area (Å²) in [6.45, 7) is -0.220. The molecule has 1 aromatic heterocycles. The number of nitro groups is 1. The molecule has 4 rings (SSSR count). The molecule has 0 aliphatic heterocycles. The lowest BCUT2D eigenvalue weighted by Gasteiger charge is -2.18. The number of hydrogen-bond acceptors (Lipinski definition) is 5. The summed E-state index contributed by atoms with van der Waals surface area (Å²) in [5, 5.41) is 13.8. The van der Waals surface area contributed by atoms with Gasteiger partial charge in [0.05, 0.1) is 22.0 Å². The van der Waals surface area contributed by atoms with E-state index >= 15 is 0 Å². The van der Waals surface area contributed by atoms with Crippen LogP contribution >= 0.6 is 15.9 Å². The Labute approximate surface area is 161 Å². The van der Waals surface area contributed by atoms with Crippen molar-refractivity contribution in [2.75, 3.05) is 0 Å². The maximum atomic E-state index is 12.5. The lowest BCUT2D eigenvalue weighted by Crippen LogP contribution is -2.38. The molecule has 1 amide bonds. The van der Waals surface area contributed by atoms with Gasteiger partial charge in [-0.25, -0.2) is 4.79 Å². The van der Waals surface area contributed by atoms with Gasteiger partial charge in [0, 0.05) is 10.5 Å². The van der Waals surface area contributed by atoms with E-state index in [9.17, 15) is 19.7 Å². The summed E-state index contributed by atoms with van der Waals surface area (Å²) in [7, 11) is 0. The van der Waals surface area contributed by atoms with Gasteiger partial charge < -0.3 is 9.73 Å². The Morgan fingerprint density at radius 1 is 1.26 bits per heavy atom. The Hall–Kier alpha value is -2.94. The summed E-state index contributed by atoms with van der Waals surface area (Å²) >= 11 is 3.39. The number of nitro benzene ring substituents is 1. The SMILES string of the molecule is O=C(Cn1c(=O)oc2cc([N+](=O)[O-])ccc21)NC1(c2ccc(Br)cc2)CC1. The van der Waals surface area contributed by atoms with Gasteiger partial charge >= 0.3 is 5.76 Å². The first-order chi connectivity index (χ1) is 12.9. The van der Waals surface area contributed by atoms with E-state index in [1.54, 1.807) is 0 Å². The van der Waals surface area contributed by atoms with Gasteiger partial charge in [0.15, 0.2) is 5.58 Å². The maximum absolute atomic E-state index is 12.5. The molecule has 0 bridgehead atoms. The fourth-order valence-electron chi connectivity index (χ4n) is 3.15. The van der Waals surface area contributed by atoms with Crippen LogP contribution in [0.3, 0.4) is 0 Å². The minimum Gasteiger partial charge on any atom is -0.407 e. The van der Waals surface area contributed by atoms with E-state index in [0.29, 0.717) is 5.52 Å². The van der Waals surface area contributed by atoms with E-state index in [-0.39, 0.29) is 23.7 Å². The molecular weight excluding hydrogens is 418 g/mol. The average Bonchev–Trinajstić information content (AvgIpc) is 3.34. The highest BCUT2D eigenvalue weighted by Gasteiger charge is 2.45. The van der Waals surface area contributed by atoms with Crippen LogP contribution in [0.4, 0.5) is 5.69 Å². The topological polar surface area (TPSA) is 107 Å². The Kier molecular flexibility index (Phi) is 4.11. The molecule has 2 aromatic carbocycles. The molecule has 0 atom stereocenters. The molecule has 8 nitrogen and oxygen atoms in total. The Balaban J connectivity index is 1.56. The molecule has 0 spiro atoms. The molecule has 0 radical (unpaired) electrons. The minimum atomic E-state index is -0.728. The number of amides is 1. The van der Waals surface area contributed by atoms with Gasteiger partial charge in [0.1, 0.15) is 6.54 Å². The monoisotopic (exact) mass is 431 g/mol. The van der Waals surface area contributed by atoms with Crippen LogP contribution in [0.25, 0.3) is 11.1 Å². The average molecular weight is 432 g/mol. The molecule has 1 heterocycles. The van der Waals surface area contributed by atoms with Gasteiger partial charge in [0.25, 0.3) is 5.69 Å². The zero-order chi connectivity index (χ0) is 19.2. The molecule has 1 aliphatic rings. The van der Waals surface area contributed by atoms with Crippen LogP contribution in [-0.2, 0) is 16.9 Å². The molecule has 9 heteroatoms. The summed E-state index contributed by atoms with van der Waals surface area (Å²) in [6, 6.07) is 11.6. The highest BCUT2D eigenvalue weighted by Crippen LogP contribution is 2.45. The number of halogens is 1. The quantitative estimate of drug-likeness (QED) is 0.493. The number of fused-ring (bicyclic) bond motifs is 1. The van der Waals surface area contributed by atoms with Crippen LogP contribution in [0.15, 0.2) is 56.1 Å². The number of carbonyl (C=O) groups is 1. The molecule has 1 aliphatic carbocycles. The van der Waals surface area contributed by atoms with Crippen LogP contribution in [-0.4, -0.2) is 15.4 Å². The second-order valence-electron chi connectivity index (χ2n) is 6.50. The fraction of sp³-hybridized carbons (Fsp3) is 0.222. The van der Waals surface area contributed by atoms with Gasteiger partial charge in [-0.2, -0.15) is 0 Å². The number of aromatic nitrogens is 1. The molecule has 138 valence electrons. The molecule has 0 unspecified atom stereocenters. The van der Waals surface area contributed by atoms with Gasteiger partial charge in [-0.15, -0.1) is 0 Å². The third kappa shape index (κ3) is 3.25. The third-order valence-electron chi connectivity index (χ3n) is 4.69. The largest absolute Gasteiger partial charge is 0.420 e. The molecular formula is C18H14BrN3O5. The van der Waals surface area contributed by atoms with E-state index in [4.69, 9.17) is 4.42 Å². The molecule has 0 saturated heterocycles. The molecule has 1 fully saturated rings. The normalized spacial score (nSPS) is 14.9. The van der Waals surface area contributed by atoms with Gasteiger partial charge in [-0.1, -0.05) is 28.1 Å². The Bertz CT molecular complexity index is 1110. The summed E-state index contributed by atoms with van der Waals surface area (Å²) in [4.78, 5) is 34.9. The highest BCUT2D eigenvalue weighted by molar-refractivity contribution is 9.10. The van der Waals surface area contributed by atoms with Crippen molar-refractivity contribution >= 4 is 38.6 Å². The van der Waals surface area contributed by atoms with Gasteiger partial charge in [-0.3, -0.25) is 19.5 Å². The molecule has 27 heavy (non-hydrogen) atoms. The third-order valence-corrected chi connectivity index (χ3v) is 5.22. The first-order valence-corrected chi connectivity index (χ1v) is 9.02. The number of carbonyl (C=O) groups excluding carboxylic acids is 1. The molecule has 3 aromatic rings. The second-order valence-corrected chi connectivity index (χ2v) is 7.42. The fourth-order valence-corrected chi connectivity index (χ4v) is 3.41. The van der Waals surface area contributed by atoms with Gasteiger partial charge in [-0.05, 0) is 36.6 Å². The van der Waals surface area contributed by atoms with Crippen molar-refractivity contribution in [2.24, 2.45) is 0 Å². The number of benzene rings is 2. The van der Waals surface area contributed by atoms with E-state index < -0.39 is 16.2 Å². The number of hydrogen-bond donors (Lipinski definition) is 1. The van der Waals surface area contributed by atoms with E-state index in [2.05, 4.69) is 21.2 Å². The Morgan fingerprint density at radius 2 is 1.96 bits per heavy atom. The number of non-ortho nitro benzene ring substituents is 1. The summed E-state index contributed by atoms with van der Waals surface area (Å²) < 4.78 is 7.18. The van der Waals surface area contributed by atoms with Crippen molar-refractivity contribution in [2.45, 2.75) is 24.9 Å². The lowest BCUT2D eigenvalue weighted by molar-refractivity contribution is -0.384. The maximum Gasteiger partial charge on any atom is 0.420 e. The number of oxazole rings is 1. The van der Waals surface area contributed by atoms with Crippen molar-refractivity contribution in [3.05, 3.63) is 73.2 Å². The van der Waals surface area contributed by atoms with E-state index in [0.717, 1.165) is 22.9 Å². The molecule has 1 N–H and O–H groups in total. The number of nitrogens with one attached hydrogen (secondary N) is 1. The van der Waals surface area contributed by atoms with Crippen LogP contribution in [0, 0.1) is 10.1 Å². The van der Waals surface area contributed by atoms with Crippen LogP contribution in [0.5, 0.6) is 0 Å². The van der Waals surface area contributed by atoms with Crippen LogP contribution < -0.4 is 11.1 Å². The van der Waals surface area contributed by atoms with Crippen molar-refractivity contribution in [1.82, 2.24) is 9.88 Å². The standard InChI is InChI=1S/C18H14BrN3O5/c19-12-3-1-11(2-4-12)18(7-8-18)20-16(23)10-21-14-6-5-13(22(25)26)9-15(14)27-17(21)24/h1-6,9H,7-8,10H2,(H,20,23). The van der Waals surface area contributed by atoms with Crippen molar-refractivity contribution in [1.29, 1.82) is 0 Å². The number of rotatable bonds is 5. The second kappa shape index (κ2) is 6.34. The smallest absolute Gasteiger partial charge is 0.407 e. The van der Waals surface area contributed by atoms with Crippen LogP contribution in [0.1, 0.15) is 18.4 Å². The van der Waals surface area contributed by atoms with E-state index in [1.807, 2.05) is 24.3 Å². The molecule has 1 saturated carbocycles. The summed E-state index contributed by atoms with van der Waals surface area (Å²) in [5.41, 5.74) is 0.851. The minimum absolute atomic E-state index is 0.0797. The highest BCUT2D eigenvalue weighted by atomic mass is 79.9. The predicted molar refractivity (Wildman–Crippen MR) is 100 cm³/mol. The predicted octanol–water partition coefficient (Wildman–Crippen LogP) is 3.07. The van der Waals surface area contributed by atoms with Gasteiger partial charge in [0.2, 0.25) is 5.91 Å². The van der Waals surface area contributed by atoms with Crippen molar-refractivity contribution < 1.29 is 14.1 Å².